The summed E-state index contributed by atoms with van der Waals surface area (Å²) in [6.07, 6.45) is 2.25. The van der Waals surface area contributed by atoms with E-state index in [2.05, 4.69) is 22.5 Å². The minimum atomic E-state index is -0.0381. The Morgan fingerprint density at radius 1 is 1.24 bits per heavy atom. The summed E-state index contributed by atoms with van der Waals surface area (Å²) < 4.78 is 0. The van der Waals surface area contributed by atoms with Crippen molar-refractivity contribution in [3.8, 4) is 0 Å². The van der Waals surface area contributed by atoms with Crippen molar-refractivity contribution in [1.29, 1.82) is 0 Å². The van der Waals surface area contributed by atoms with Crippen LogP contribution in [0.25, 0.3) is 0 Å². The van der Waals surface area contributed by atoms with E-state index in [4.69, 9.17) is 0 Å². The molecule has 2 N–H and O–H groups in total. The van der Waals surface area contributed by atoms with Gasteiger partial charge in [0.05, 0.1) is 6.54 Å². The van der Waals surface area contributed by atoms with Crippen LogP contribution in [0, 0.1) is 0 Å². The molecule has 0 aromatic heterocycles. The topological polar surface area (TPSA) is 56.7 Å². The number of benzene rings is 1. The highest BCUT2D eigenvalue weighted by atomic mass is 16.1. The molecule has 5 nitrogen and oxygen atoms in total. The van der Waals surface area contributed by atoms with Gasteiger partial charge in [0.25, 0.3) is 0 Å². The van der Waals surface area contributed by atoms with Gasteiger partial charge in [-0.3, -0.25) is 9.79 Å². The van der Waals surface area contributed by atoms with Gasteiger partial charge in [-0.05, 0) is 12.0 Å². The molecule has 116 valence electrons. The Hall–Kier alpha value is -2.04. The third-order valence-electron chi connectivity index (χ3n) is 3.16. The molecular formula is C16H26N4O. The molecule has 0 fully saturated rings. The average molecular weight is 290 g/mol. The first-order valence-corrected chi connectivity index (χ1v) is 7.39. The van der Waals surface area contributed by atoms with Crippen molar-refractivity contribution in [2.24, 2.45) is 4.99 Å². The van der Waals surface area contributed by atoms with E-state index in [0.29, 0.717) is 6.54 Å². The van der Waals surface area contributed by atoms with Crippen molar-refractivity contribution >= 4 is 11.9 Å². The first-order valence-electron chi connectivity index (χ1n) is 7.39. The van der Waals surface area contributed by atoms with Crippen molar-refractivity contribution in [3.05, 3.63) is 35.9 Å². The maximum absolute atomic E-state index is 11.8. The first-order chi connectivity index (χ1) is 10.2. The van der Waals surface area contributed by atoms with Crippen LogP contribution in [0.4, 0.5) is 0 Å². The molecule has 0 aliphatic heterocycles. The SMILES string of the molecule is CCCCN(C)C(=NC)NCC(=O)NCc1ccccc1. The minimum absolute atomic E-state index is 0.0381. The highest BCUT2D eigenvalue weighted by molar-refractivity contribution is 5.86. The Morgan fingerprint density at radius 2 is 1.95 bits per heavy atom. The van der Waals surface area contributed by atoms with Crippen LogP contribution in [-0.4, -0.2) is 44.0 Å². The summed E-state index contributed by atoms with van der Waals surface area (Å²) in [4.78, 5) is 18.0. The van der Waals surface area contributed by atoms with Crippen LogP contribution in [0.2, 0.25) is 0 Å². The third kappa shape index (κ3) is 6.79. The maximum Gasteiger partial charge on any atom is 0.239 e. The van der Waals surface area contributed by atoms with Gasteiger partial charge < -0.3 is 15.5 Å². The van der Waals surface area contributed by atoms with Gasteiger partial charge in [-0.15, -0.1) is 0 Å². The lowest BCUT2D eigenvalue weighted by Gasteiger charge is -2.21. The van der Waals surface area contributed by atoms with Gasteiger partial charge >= 0.3 is 0 Å². The zero-order chi connectivity index (χ0) is 15.5. The van der Waals surface area contributed by atoms with E-state index < -0.39 is 0 Å². The van der Waals surface area contributed by atoms with E-state index in [0.717, 1.165) is 30.9 Å². The molecule has 0 aliphatic rings. The molecule has 1 aromatic rings. The first kappa shape index (κ1) is 17.0. The fourth-order valence-electron chi connectivity index (χ4n) is 1.90. The number of carbonyl (C=O) groups is 1. The minimum Gasteiger partial charge on any atom is -0.350 e. The van der Waals surface area contributed by atoms with Gasteiger partial charge in [0.15, 0.2) is 5.96 Å². The smallest absolute Gasteiger partial charge is 0.239 e. The number of hydrogen-bond acceptors (Lipinski definition) is 2. The fraction of sp³-hybridized carbons (Fsp3) is 0.500. The standard InChI is InChI=1S/C16H26N4O/c1-4-5-11-20(3)16(17-2)19-13-15(21)18-12-14-9-7-6-8-10-14/h6-10H,4-5,11-13H2,1-3H3,(H,17,19)(H,18,21). The molecule has 0 saturated carbocycles. The molecule has 0 atom stereocenters. The molecular weight excluding hydrogens is 264 g/mol. The molecule has 0 radical (unpaired) electrons. The van der Waals surface area contributed by atoms with Crippen molar-refractivity contribution in [1.82, 2.24) is 15.5 Å². The fourth-order valence-corrected chi connectivity index (χ4v) is 1.90. The quantitative estimate of drug-likeness (QED) is 0.592. The van der Waals surface area contributed by atoms with Gasteiger partial charge in [-0.25, -0.2) is 0 Å². The van der Waals surface area contributed by atoms with E-state index >= 15 is 0 Å². The molecule has 21 heavy (non-hydrogen) atoms. The molecule has 0 spiro atoms. The van der Waals surface area contributed by atoms with Crippen LogP contribution in [0.1, 0.15) is 25.3 Å². The number of hydrogen-bond donors (Lipinski definition) is 2. The van der Waals surface area contributed by atoms with E-state index in [1.807, 2.05) is 42.3 Å². The summed E-state index contributed by atoms with van der Waals surface area (Å²) in [5.41, 5.74) is 1.09. The Morgan fingerprint density at radius 3 is 2.57 bits per heavy atom. The molecule has 1 amide bonds. The molecule has 0 heterocycles. The van der Waals surface area contributed by atoms with Gasteiger partial charge in [-0.1, -0.05) is 43.7 Å². The molecule has 1 rings (SSSR count). The highest BCUT2D eigenvalue weighted by Gasteiger charge is 2.07. The molecule has 0 saturated heterocycles. The van der Waals surface area contributed by atoms with Crippen LogP contribution in [-0.2, 0) is 11.3 Å². The number of guanidine groups is 1. The van der Waals surface area contributed by atoms with E-state index in [9.17, 15) is 4.79 Å². The summed E-state index contributed by atoms with van der Waals surface area (Å²) >= 11 is 0. The largest absolute Gasteiger partial charge is 0.350 e. The summed E-state index contributed by atoms with van der Waals surface area (Å²) in [7, 11) is 3.71. The van der Waals surface area contributed by atoms with Crippen LogP contribution in [0.15, 0.2) is 35.3 Å². The van der Waals surface area contributed by atoms with E-state index in [1.54, 1.807) is 7.05 Å². The van der Waals surface area contributed by atoms with Crippen LogP contribution < -0.4 is 10.6 Å². The van der Waals surface area contributed by atoms with Gasteiger partial charge in [0, 0.05) is 27.2 Å². The third-order valence-corrected chi connectivity index (χ3v) is 3.16. The number of nitrogens with one attached hydrogen (secondary N) is 2. The molecule has 0 aliphatic carbocycles. The summed E-state index contributed by atoms with van der Waals surface area (Å²) in [5, 5.41) is 5.96. The predicted molar refractivity (Wildman–Crippen MR) is 87.2 cm³/mol. The predicted octanol–water partition coefficient (Wildman–Crippen LogP) is 1.61. The second kappa shape index (κ2) is 9.80. The molecule has 1 aromatic carbocycles. The van der Waals surface area contributed by atoms with Crippen molar-refractivity contribution in [2.45, 2.75) is 26.3 Å². The molecule has 5 heteroatoms. The second-order valence-corrected chi connectivity index (χ2v) is 4.94. The van der Waals surface area contributed by atoms with Gasteiger partial charge in [-0.2, -0.15) is 0 Å². The number of unbranched alkanes of at least 4 members (excludes halogenated alkanes) is 1. The zero-order valence-corrected chi connectivity index (χ0v) is 13.2. The Labute approximate surface area is 127 Å². The lowest BCUT2D eigenvalue weighted by atomic mass is 10.2. The second-order valence-electron chi connectivity index (χ2n) is 4.94. The summed E-state index contributed by atoms with van der Waals surface area (Å²) in [6, 6.07) is 9.87. The van der Waals surface area contributed by atoms with E-state index in [-0.39, 0.29) is 12.5 Å². The highest BCUT2D eigenvalue weighted by Crippen LogP contribution is 1.97. The number of aliphatic imine (C=N–C) groups is 1. The van der Waals surface area contributed by atoms with Gasteiger partial charge in [0.2, 0.25) is 5.91 Å². The average Bonchev–Trinajstić information content (AvgIpc) is 2.52. The van der Waals surface area contributed by atoms with Gasteiger partial charge in [0.1, 0.15) is 0 Å². The summed E-state index contributed by atoms with van der Waals surface area (Å²) in [6.45, 7) is 3.87. The Kier molecular flexibility index (Phi) is 7.94. The number of rotatable bonds is 7. The number of amides is 1. The lowest BCUT2D eigenvalue weighted by Crippen LogP contribution is -2.44. The normalized spacial score (nSPS) is 11.1. The Bertz CT molecular complexity index is 445. The zero-order valence-electron chi connectivity index (χ0n) is 13.2. The number of carbonyl (C=O) groups excluding carboxylic acids is 1. The maximum atomic E-state index is 11.8. The molecule has 0 unspecified atom stereocenters. The molecule has 0 bridgehead atoms. The van der Waals surface area contributed by atoms with Crippen LogP contribution in [0.5, 0.6) is 0 Å². The van der Waals surface area contributed by atoms with Crippen LogP contribution in [0.3, 0.4) is 0 Å². The van der Waals surface area contributed by atoms with Crippen LogP contribution >= 0.6 is 0 Å². The van der Waals surface area contributed by atoms with E-state index in [1.165, 1.54) is 0 Å². The monoisotopic (exact) mass is 290 g/mol. The van der Waals surface area contributed by atoms with Crippen molar-refractivity contribution < 1.29 is 4.79 Å². The van der Waals surface area contributed by atoms with Crippen molar-refractivity contribution in [3.63, 3.8) is 0 Å². The number of nitrogens with zero attached hydrogens (tertiary/aromatic N) is 2. The summed E-state index contributed by atoms with van der Waals surface area (Å²) in [5.74, 6) is 0.710. The Balaban J connectivity index is 2.31. The van der Waals surface area contributed by atoms with Crippen molar-refractivity contribution in [2.75, 3.05) is 27.2 Å². The lowest BCUT2D eigenvalue weighted by molar-refractivity contribution is -0.120.